The second kappa shape index (κ2) is 7.08. The van der Waals surface area contributed by atoms with Crippen molar-refractivity contribution >= 4 is 21.8 Å². The van der Waals surface area contributed by atoms with E-state index in [2.05, 4.69) is 35.3 Å². The summed E-state index contributed by atoms with van der Waals surface area (Å²) in [5.41, 5.74) is 2.20. The molecule has 0 aliphatic carbocycles. The number of hydrogen-bond acceptors (Lipinski definition) is 2. The monoisotopic (exact) mass is 365 g/mol. The molecule has 3 nitrogen and oxygen atoms in total. The number of benzene rings is 3. The third-order valence-electron chi connectivity index (χ3n) is 5.10. The lowest BCUT2D eigenvalue weighted by molar-refractivity contribution is 0.0657. The van der Waals surface area contributed by atoms with Crippen LogP contribution in [0, 0.1) is 0 Å². The van der Waals surface area contributed by atoms with E-state index in [1.165, 1.54) is 10.8 Å². The number of rotatable bonds is 5. The number of nitrogens with zero attached hydrogens (tertiary/aromatic N) is 3. The minimum absolute atomic E-state index is 0.252. The minimum Gasteiger partial charge on any atom is -0.292 e. The van der Waals surface area contributed by atoms with Crippen LogP contribution in [-0.4, -0.2) is 21.5 Å². The van der Waals surface area contributed by atoms with Crippen LogP contribution in [0.5, 0.6) is 0 Å². The standard InChI is InChI=1S/C22H21F2N3/c1-15(21-25-19-9-5-6-10-20(19)27(21)22(23)24)26(2)14-16-11-12-17-7-3-4-8-18(17)13-16/h3-13,15,22H,14H2,1-2H3. The highest BCUT2D eigenvalue weighted by atomic mass is 19.3. The van der Waals surface area contributed by atoms with Crippen molar-refractivity contribution in [1.29, 1.82) is 0 Å². The lowest BCUT2D eigenvalue weighted by Crippen LogP contribution is -2.25. The second-order valence-corrected chi connectivity index (χ2v) is 6.88. The summed E-state index contributed by atoms with van der Waals surface area (Å²) in [7, 11) is 1.94. The van der Waals surface area contributed by atoms with E-state index in [1.807, 2.05) is 37.1 Å². The first kappa shape index (κ1) is 17.6. The number of alkyl halides is 2. The molecule has 0 spiro atoms. The predicted octanol–water partition coefficient (Wildman–Crippen LogP) is 5.78. The molecule has 4 aromatic rings. The molecule has 27 heavy (non-hydrogen) atoms. The zero-order chi connectivity index (χ0) is 19.0. The Balaban J connectivity index is 1.64. The largest absolute Gasteiger partial charge is 0.320 e. The summed E-state index contributed by atoms with van der Waals surface area (Å²) in [6.07, 6.45) is 0. The summed E-state index contributed by atoms with van der Waals surface area (Å²) in [5.74, 6) is 0.384. The molecule has 0 aliphatic rings. The molecule has 0 saturated carbocycles. The molecule has 5 heteroatoms. The van der Waals surface area contributed by atoms with Crippen molar-refractivity contribution < 1.29 is 8.78 Å². The summed E-state index contributed by atoms with van der Waals surface area (Å²) in [4.78, 5) is 6.53. The van der Waals surface area contributed by atoms with Gasteiger partial charge in [-0.3, -0.25) is 9.47 Å². The van der Waals surface area contributed by atoms with Gasteiger partial charge in [-0.2, -0.15) is 8.78 Å². The van der Waals surface area contributed by atoms with Gasteiger partial charge in [0.15, 0.2) is 0 Å². The van der Waals surface area contributed by atoms with E-state index >= 15 is 0 Å². The van der Waals surface area contributed by atoms with Crippen molar-refractivity contribution in [3.63, 3.8) is 0 Å². The fourth-order valence-corrected chi connectivity index (χ4v) is 3.52. The maximum Gasteiger partial charge on any atom is 0.320 e. The normalized spacial score (nSPS) is 13.1. The lowest BCUT2D eigenvalue weighted by atomic mass is 10.1. The van der Waals surface area contributed by atoms with Crippen molar-refractivity contribution in [3.05, 3.63) is 78.1 Å². The van der Waals surface area contributed by atoms with Gasteiger partial charge in [0.2, 0.25) is 0 Å². The highest BCUT2D eigenvalue weighted by Gasteiger charge is 2.24. The molecule has 0 amide bonds. The molecule has 0 aliphatic heterocycles. The van der Waals surface area contributed by atoms with Crippen LogP contribution in [0.2, 0.25) is 0 Å². The molecule has 3 aromatic carbocycles. The van der Waals surface area contributed by atoms with Crippen molar-refractivity contribution in [2.24, 2.45) is 0 Å². The maximum absolute atomic E-state index is 13.7. The van der Waals surface area contributed by atoms with Crippen molar-refractivity contribution in [3.8, 4) is 0 Å². The number of imidazole rings is 1. The van der Waals surface area contributed by atoms with Crippen LogP contribution >= 0.6 is 0 Å². The first-order valence-electron chi connectivity index (χ1n) is 8.97. The van der Waals surface area contributed by atoms with Crippen LogP contribution in [0.1, 0.15) is 30.9 Å². The van der Waals surface area contributed by atoms with E-state index in [4.69, 9.17) is 0 Å². The molecular formula is C22H21F2N3. The second-order valence-electron chi connectivity index (χ2n) is 6.88. The SMILES string of the molecule is CC(c1nc2ccccc2n1C(F)F)N(C)Cc1ccc2ccccc2c1. The fraction of sp³-hybridized carbons (Fsp3) is 0.227. The Morgan fingerprint density at radius 2 is 1.67 bits per heavy atom. The third-order valence-corrected chi connectivity index (χ3v) is 5.10. The number of fused-ring (bicyclic) bond motifs is 2. The zero-order valence-corrected chi connectivity index (χ0v) is 15.3. The van der Waals surface area contributed by atoms with E-state index in [9.17, 15) is 8.78 Å². The quantitative estimate of drug-likeness (QED) is 0.447. The van der Waals surface area contributed by atoms with Crippen LogP contribution < -0.4 is 0 Å². The van der Waals surface area contributed by atoms with Gasteiger partial charge in [-0.25, -0.2) is 4.98 Å². The fourth-order valence-electron chi connectivity index (χ4n) is 3.52. The van der Waals surface area contributed by atoms with E-state index in [0.717, 1.165) is 10.1 Å². The Kier molecular flexibility index (Phi) is 4.62. The molecule has 0 fully saturated rings. The Labute approximate surface area is 156 Å². The van der Waals surface area contributed by atoms with Crippen LogP contribution in [0.25, 0.3) is 21.8 Å². The molecule has 0 saturated heterocycles. The van der Waals surface area contributed by atoms with Gasteiger partial charge in [0.1, 0.15) is 5.82 Å². The van der Waals surface area contributed by atoms with Gasteiger partial charge < -0.3 is 0 Å². The predicted molar refractivity (Wildman–Crippen MR) is 105 cm³/mol. The first-order valence-corrected chi connectivity index (χ1v) is 8.97. The number of halogens is 2. The maximum atomic E-state index is 13.7. The highest BCUT2D eigenvalue weighted by molar-refractivity contribution is 5.83. The van der Waals surface area contributed by atoms with Gasteiger partial charge >= 0.3 is 6.55 Å². The van der Waals surface area contributed by atoms with Crippen LogP contribution in [0.3, 0.4) is 0 Å². The topological polar surface area (TPSA) is 21.1 Å². The zero-order valence-electron chi connectivity index (χ0n) is 15.3. The van der Waals surface area contributed by atoms with Crippen LogP contribution in [-0.2, 0) is 6.54 Å². The van der Waals surface area contributed by atoms with E-state index in [1.54, 1.807) is 18.2 Å². The number of hydrogen-bond donors (Lipinski definition) is 0. The smallest absolute Gasteiger partial charge is 0.292 e. The average molecular weight is 365 g/mol. The summed E-state index contributed by atoms with van der Waals surface area (Å²) >= 11 is 0. The van der Waals surface area contributed by atoms with Crippen molar-refractivity contribution in [1.82, 2.24) is 14.5 Å². The lowest BCUT2D eigenvalue weighted by Gasteiger charge is -2.25. The van der Waals surface area contributed by atoms with E-state index < -0.39 is 6.55 Å². The van der Waals surface area contributed by atoms with Crippen molar-refractivity contribution in [2.45, 2.75) is 26.1 Å². The molecule has 4 rings (SSSR count). The summed E-state index contributed by atoms with van der Waals surface area (Å²) < 4.78 is 28.5. The molecular weight excluding hydrogens is 344 g/mol. The number of para-hydroxylation sites is 2. The Morgan fingerprint density at radius 1 is 0.963 bits per heavy atom. The van der Waals surface area contributed by atoms with Gasteiger partial charge in [0, 0.05) is 6.54 Å². The summed E-state index contributed by atoms with van der Waals surface area (Å²) in [6.45, 7) is -0.0523. The van der Waals surface area contributed by atoms with Gasteiger partial charge in [-0.1, -0.05) is 48.5 Å². The molecule has 1 aromatic heterocycles. The Morgan fingerprint density at radius 3 is 2.44 bits per heavy atom. The van der Waals surface area contributed by atoms with Crippen LogP contribution in [0.15, 0.2) is 66.7 Å². The summed E-state index contributed by atoms with van der Waals surface area (Å²) in [5, 5.41) is 2.37. The molecule has 138 valence electrons. The van der Waals surface area contributed by atoms with E-state index in [0.29, 0.717) is 23.4 Å². The Bertz CT molecular complexity index is 1090. The number of aromatic nitrogens is 2. The van der Waals surface area contributed by atoms with E-state index in [-0.39, 0.29) is 6.04 Å². The van der Waals surface area contributed by atoms with Gasteiger partial charge in [0.05, 0.1) is 17.1 Å². The van der Waals surface area contributed by atoms with Gasteiger partial charge in [-0.05, 0) is 48.5 Å². The Hall–Kier alpha value is -2.79. The molecule has 1 unspecified atom stereocenters. The minimum atomic E-state index is -2.62. The average Bonchev–Trinajstić information content (AvgIpc) is 3.07. The summed E-state index contributed by atoms with van der Waals surface area (Å²) in [6, 6.07) is 21.3. The highest BCUT2D eigenvalue weighted by Crippen LogP contribution is 2.29. The van der Waals surface area contributed by atoms with Gasteiger partial charge in [-0.15, -0.1) is 0 Å². The van der Waals surface area contributed by atoms with Crippen molar-refractivity contribution in [2.75, 3.05) is 7.05 Å². The molecule has 1 heterocycles. The molecule has 0 bridgehead atoms. The third kappa shape index (κ3) is 3.30. The molecule has 0 radical (unpaired) electrons. The molecule has 0 N–H and O–H groups in total. The van der Waals surface area contributed by atoms with Gasteiger partial charge in [0.25, 0.3) is 0 Å². The molecule has 1 atom stereocenters. The first-order chi connectivity index (χ1) is 13.0. The van der Waals surface area contributed by atoms with Crippen LogP contribution in [0.4, 0.5) is 8.78 Å².